The number of likely N-dealkylation sites (tertiary alicyclic amines) is 1. The van der Waals surface area contributed by atoms with Gasteiger partial charge in [-0.15, -0.1) is 0 Å². The van der Waals surface area contributed by atoms with Crippen molar-refractivity contribution in [1.29, 1.82) is 0 Å². The zero-order valence-corrected chi connectivity index (χ0v) is 7.34. The van der Waals surface area contributed by atoms with E-state index < -0.39 is 0 Å². The lowest BCUT2D eigenvalue weighted by atomic mass is 10.00. The maximum absolute atomic E-state index is 3.94. The lowest BCUT2D eigenvalue weighted by Crippen LogP contribution is -2.32. The van der Waals surface area contributed by atoms with Crippen LogP contribution < -0.4 is 0 Å². The Labute approximate surface area is 69.4 Å². The molecule has 1 heteroatoms. The van der Waals surface area contributed by atoms with Gasteiger partial charge in [0.1, 0.15) is 0 Å². The highest BCUT2D eigenvalue weighted by molar-refractivity contribution is 5.10. The average Bonchev–Trinajstić information content (AvgIpc) is 2.03. The monoisotopic (exact) mass is 151 g/mol. The zero-order valence-electron chi connectivity index (χ0n) is 7.34. The van der Waals surface area contributed by atoms with E-state index in [4.69, 9.17) is 0 Å². The molecule has 1 heterocycles. The molecule has 62 valence electrons. The molecule has 1 saturated heterocycles. The summed E-state index contributed by atoms with van der Waals surface area (Å²) in [4.78, 5) is 2.32. The molecule has 1 aliphatic heterocycles. The van der Waals surface area contributed by atoms with Gasteiger partial charge in [0.15, 0.2) is 0 Å². The van der Waals surface area contributed by atoms with Gasteiger partial charge >= 0.3 is 0 Å². The highest BCUT2D eigenvalue weighted by Gasteiger charge is 2.15. The molecule has 1 unspecified atom stereocenters. The number of piperidine rings is 1. The summed E-state index contributed by atoms with van der Waals surface area (Å²) in [5.41, 5.74) is 1.08. The maximum atomic E-state index is 3.94. The molecule has 1 aliphatic rings. The van der Waals surface area contributed by atoms with Crippen molar-refractivity contribution in [2.45, 2.75) is 19.8 Å². The van der Waals surface area contributed by atoms with Crippen LogP contribution in [0.1, 0.15) is 19.8 Å². The second-order valence-electron chi connectivity index (χ2n) is 3.39. The van der Waals surface area contributed by atoms with Crippen LogP contribution in [0.25, 0.3) is 0 Å². The Morgan fingerprint density at radius 3 is 2.91 bits per heavy atom. The van der Waals surface area contributed by atoms with E-state index in [1.165, 1.54) is 12.8 Å². The summed E-state index contributed by atoms with van der Waals surface area (Å²) in [5.74, 6) is 0.820. The summed E-state index contributed by atoms with van der Waals surface area (Å²) in [6.07, 6.45) is 4.51. The molecule has 0 aromatic rings. The highest BCUT2D eigenvalue weighted by atomic mass is 15.1. The van der Waals surface area contributed by atoms with E-state index >= 15 is 0 Å². The molecule has 1 rings (SSSR count). The summed E-state index contributed by atoms with van der Waals surface area (Å²) < 4.78 is 0. The van der Waals surface area contributed by atoms with Gasteiger partial charge in [0.05, 0.1) is 0 Å². The predicted molar refractivity (Wildman–Crippen MR) is 49.3 cm³/mol. The van der Waals surface area contributed by atoms with Crippen LogP contribution in [0.15, 0.2) is 24.9 Å². The zero-order chi connectivity index (χ0) is 8.27. The van der Waals surface area contributed by atoms with E-state index in [1.807, 2.05) is 6.08 Å². The number of nitrogens with zero attached hydrogens (tertiary/aromatic N) is 1. The van der Waals surface area contributed by atoms with Crippen LogP contribution in [-0.2, 0) is 0 Å². The number of hydrogen-bond donors (Lipinski definition) is 0. The van der Waals surface area contributed by atoms with Gasteiger partial charge in [-0.05, 0) is 24.8 Å². The first-order chi connectivity index (χ1) is 5.24. The van der Waals surface area contributed by atoms with Crippen LogP contribution in [0.3, 0.4) is 0 Å². The quantitative estimate of drug-likeness (QED) is 0.548. The van der Waals surface area contributed by atoms with E-state index in [0.29, 0.717) is 0 Å². The fourth-order valence-electron chi connectivity index (χ4n) is 1.58. The van der Waals surface area contributed by atoms with Crippen LogP contribution in [0.2, 0.25) is 0 Å². The molecule has 11 heavy (non-hydrogen) atoms. The minimum Gasteiger partial charge on any atom is -0.372 e. The van der Waals surface area contributed by atoms with E-state index in [1.54, 1.807) is 0 Å². The van der Waals surface area contributed by atoms with Crippen molar-refractivity contribution in [3.63, 3.8) is 0 Å². The second kappa shape index (κ2) is 3.61. The lowest BCUT2D eigenvalue weighted by molar-refractivity contribution is 0.236. The number of hydrogen-bond acceptors (Lipinski definition) is 1. The molecule has 0 aliphatic carbocycles. The minimum absolute atomic E-state index is 0.820. The Morgan fingerprint density at radius 2 is 2.36 bits per heavy atom. The summed E-state index contributed by atoms with van der Waals surface area (Å²) in [6.45, 7) is 12.3. The molecule has 0 saturated carbocycles. The normalized spacial score (nSPS) is 24.8. The van der Waals surface area contributed by atoms with E-state index in [2.05, 4.69) is 25.0 Å². The standard InChI is InChI=1S/C10H17N/c1-4-10(3)11-7-5-6-9(2)8-11/h4,9H,1,3,5-8H2,2H3. The largest absolute Gasteiger partial charge is 0.372 e. The Kier molecular flexibility index (Phi) is 2.75. The predicted octanol–water partition coefficient (Wildman–Crippen LogP) is 2.42. The van der Waals surface area contributed by atoms with Crippen molar-refractivity contribution in [1.82, 2.24) is 4.90 Å². The fourth-order valence-corrected chi connectivity index (χ4v) is 1.58. The molecule has 0 radical (unpaired) electrons. The maximum Gasteiger partial charge on any atom is 0.0287 e. The summed E-state index contributed by atoms with van der Waals surface area (Å²) in [6, 6.07) is 0. The summed E-state index contributed by atoms with van der Waals surface area (Å²) >= 11 is 0. The van der Waals surface area contributed by atoms with Gasteiger partial charge in [-0.1, -0.05) is 20.1 Å². The van der Waals surface area contributed by atoms with Gasteiger partial charge in [0, 0.05) is 18.8 Å². The molecule has 0 bridgehead atoms. The van der Waals surface area contributed by atoms with Gasteiger partial charge in [-0.25, -0.2) is 0 Å². The summed E-state index contributed by atoms with van der Waals surface area (Å²) in [7, 11) is 0. The Balaban J connectivity index is 2.45. The van der Waals surface area contributed by atoms with Crippen LogP contribution in [0.4, 0.5) is 0 Å². The Bertz CT molecular complexity index is 160. The van der Waals surface area contributed by atoms with E-state index in [0.717, 1.165) is 24.7 Å². The fraction of sp³-hybridized carbons (Fsp3) is 0.600. The molecular weight excluding hydrogens is 134 g/mol. The molecular formula is C10H17N. The van der Waals surface area contributed by atoms with Crippen molar-refractivity contribution >= 4 is 0 Å². The first-order valence-electron chi connectivity index (χ1n) is 4.30. The third kappa shape index (κ3) is 2.11. The minimum atomic E-state index is 0.820. The van der Waals surface area contributed by atoms with Gasteiger partial charge < -0.3 is 4.90 Å². The molecule has 0 N–H and O–H groups in total. The van der Waals surface area contributed by atoms with Crippen molar-refractivity contribution in [2.75, 3.05) is 13.1 Å². The number of rotatable bonds is 2. The van der Waals surface area contributed by atoms with Crippen molar-refractivity contribution < 1.29 is 0 Å². The van der Waals surface area contributed by atoms with E-state index in [-0.39, 0.29) is 0 Å². The molecule has 0 amide bonds. The SMILES string of the molecule is C=CC(=C)N1CCCC(C)C1. The van der Waals surface area contributed by atoms with Crippen LogP contribution in [0.5, 0.6) is 0 Å². The first-order valence-corrected chi connectivity index (χ1v) is 4.30. The van der Waals surface area contributed by atoms with Crippen LogP contribution in [0, 0.1) is 5.92 Å². The van der Waals surface area contributed by atoms with Crippen molar-refractivity contribution in [3.05, 3.63) is 24.9 Å². The smallest absolute Gasteiger partial charge is 0.0287 e. The lowest BCUT2D eigenvalue weighted by Gasteiger charge is -2.32. The highest BCUT2D eigenvalue weighted by Crippen LogP contribution is 2.18. The topological polar surface area (TPSA) is 3.24 Å². The Hall–Kier alpha value is -0.720. The molecule has 0 aromatic carbocycles. The van der Waals surface area contributed by atoms with Gasteiger partial charge in [-0.3, -0.25) is 0 Å². The molecule has 0 spiro atoms. The third-order valence-corrected chi connectivity index (χ3v) is 2.30. The van der Waals surface area contributed by atoms with Gasteiger partial charge in [-0.2, -0.15) is 0 Å². The van der Waals surface area contributed by atoms with Crippen molar-refractivity contribution in [2.24, 2.45) is 5.92 Å². The number of allylic oxidation sites excluding steroid dienone is 1. The molecule has 0 aromatic heterocycles. The van der Waals surface area contributed by atoms with E-state index in [9.17, 15) is 0 Å². The molecule has 1 atom stereocenters. The molecule has 1 nitrogen and oxygen atoms in total. The second-order valence-corrected chi connectivity index (χ2v) is 3.39. The first kappa shape index (κ1) is 8.38. The van der Waals surface area contributed by atoms with Gasteiger partial charge in [0.2, 0.25) is 0 Å². The summed E-state index contributed by atoms with van der Waals surface area (Å²) in [5, 5.41) is 0. The Morgan fingerprint density at radius 1 is 1.64 bits per heavy atom. The molecule has 1 fully saturated rings. The van der Waals surface area contributed by atoms with Crippen molar-refractivity contribution in [3.8, 4) is 0 Å². The van der Waals surface area contributed by atoms with Gasteiger partial charge in [0.25, 0.3) is 0 Å². The average molecular weight is 151 g/mol. The van der Waals surface area contributed by atoms with Crippen LogP contribution in [-0.4, -0.2) is 18.0 Å². The van der Waals surface area contributed by atoms with Crippen LogP contribution >= 0.6 is 0 Å². The third-order valence-electron chi connectivity index (χ3n) is 2.30.